The summed E-state index contributed by atoms with van der Waals surface area (Å²) in [7, 11) is 1.85. The highest BCUT2D eigenvalue weighted by Crippen LogP contribution is 2.19. The molecule has 1 unspecified atom stereocenters. The van der Waals surface area contributed by atoms with Crippen LogP contribution in [0.1, 0.15) is 25.2 Å². The van der Waals surface area contributed by atoms with Gasteiger partial charge in [0.05, 0.1) is 0 Å². The van der Waals surface area contributed by atoms with E-state index in [-0.39, 0.29) is 5.92 Å². The van der Waals surface area contributed by atoms with Crippen LogP contribution in [-0.2, 0) is 7.05 Å². The molecule has 0 fully saturated rings. The van der Waals surface area contributed by atoms with Gasteiger partial charge >= 0.3 is 0 Å². The SMILES string of the molecule is CC(CCN)c1nc(-c2ccn(C)n2)no1. The van der Waals surface area contributed by atoms with E-state index in [1.54, 1.807) is 4.68 Å². The molecule has 1 atom stereocenters. The normalized spacial score (nSPS) is 12.9. The first kappa shape index (κ1) is 10.8. The Morgan fingerprint density at radius 2 is 2.38 bits per heavy atom. The number of hydrogen-bond donors (Lipinski definition) is 1. The lowest BCUT2D eigenvalue weighted by Gasteiger charge is -2.01. The van der Waals surface area contributed by atoms with Gasteiger partial charge in [0.25, 0.3) is 0 Å². The summed E-state index contributed by atoms with van der Waals surface area (Å²) in [5.41, 5.74) is 6.20. The van der Waals surface area contributed by atoms with Gasteiger partial charge < -0.3 is 10.3 Å². The van der Waals surface area contributed by atoms with E-state index >= 15 is 0 Å². The molecule has 0 aliphatic carbocycles. The quantitative estimate of drug-likeness (QED) is 0.830. The molecule has 0 bridgehead atoms. The summed E-state index contributed by atoms with van der Waals surface area (Å²) in [6.07, 6.45) is 2.68. The van der Waals surface area contributed by atoms with Crippen LogP contribution >= 0.6 is 0 Å². The number of nitrogens with zero attached hydrogens (tertiary/aromatic N) is 4. The zero-order valence-electron chi connectivity index (χ0n) is 9.42. The molecule has 0 saturated carbocycles. The minimum absolute atomic E-state index is 0.190. The Bertz CT molecular complexity index is 461. The Balaban J connectivity index is 2.19. The van der Waals surface area contributed by atoms with E-state index in [2.05, 4.69) is 15.2 Å². The fourth-order valence-corrected chi connectivity index (χ4v) is 1.45. The Morgan fingerprint density at radius 3 is 3.00 bits per heavy atom. The second-order valence-corrected chi connectivity index (χ2v) is 3.81. The van der Waals surface area contributed by atoms with E-state index in [0.29, 0.717) is 18.3 Å². The average molecular weight is 221 g/mol. The second kappa shape index (κ2) is 4.44. The highest BCUT2D eigenvalue weighted by molar-refractivity contribution is 5.46. The van der Waals surface area contributed by atoms with E-state index < -0.39 is 0 Å². The summed E-state index contributed by atoms with van der Waals surface area (Å²) in [5.74, 6) is 1.33. The van der Waals surface area contributed by atoms with Crippen LogP contribution in [0, 0.1) is 0 Å². The summed E-state index contributed by atoms with van der Waals surface area (Å²) in [4.78, 5) is 4.30. The van der Waals surface area contributed by atoms with Gasteiger partial charge in [0.15, 0.2) is 0 Å². The molecule has 6 nitrogen and oxygen atoms in total. The molecular formula is C10H15N5O. The molecule has 0 aliphatic heterocycles. The van der Waals surface area contributed by atoms with Crippen molar-refractivity contribution in [3.8, 4) is 11.5 Å². The second-order valence-electron chi connectivity index (χ2n) is 3.81. The lowest BCUT2D eigenvalue weighted by Crippen LogP contribution is -2.04. The number of nitrogens with two attached hydrogens (primary N) is 1. The molecule has 0 aliphatic rings. The van der Waals surface area contributed by atoms with Gasteiger partial charge in [-0.25, -0.2) is 0 Å². The smallest absolute Gasteiger partial charge is 0.229 e. The molecule has 0 amide bonds. The van der Waals surface area contributed by atoms with E-state index in [4.69, 9.17) is 10.3 Å². The van der Waals surface area contributed by atoms with Crippen LogP contribution in [0.15, 0.2) is 16.8 Å². The van der Waals surface area contributed by atoms with E-state index in [1.807, 2.05) is 26.2 Å². The van der Waals surface area contributed by atoms with Crippen LogP contribution in [0.3, 0.4) is 0 Å². The van der Waals surface area contributed by atoms with Gasteiger partial charge in [0, 0.05) is 19.2 Å². The Labute approximate surface area is 93.4 Å². The summed E-state index contributed by atoms with van der Waals surface area (Å²) >= 11 is 0. The van der Waals surface area contributed by atoms with Gasteiger partial charge in [-0.05, 0) is 19.0 Å². The van der Waals surface area contributed by atoms with Crippen molar-refractivity contribution in [2.24, 2.45) is 12.8 Å². The van der Waals surface area contributed by atoms with Crippen molar-refractivity contribution in [3.05, 3.63) is 18.2 Å². The van der Waals surface area contributed by atoms with Crippen molar-refractivity contribution in [1.82, 2.24) is 19.9 Å². The maximum Gasteiger partial charge on any atom is 0.229 e. The fourth-order valence-electron chi connectivity index (χ4n) is 1.45. The van der Waals surface area contributed by atoms with Crippen molar-refractivity contribution >= 4 is 0 Å². The molecule has 2 aromatic heterocycles. The van der Waals surface area contributed by atoms with Crippen molar-refractivity contribution < 1.29 is 4.52 Å². The minimum Gasteiger partial charge on any atom is -0.339 e. The van der Waals surface area contributed by atoms with Crippen LogP contribution < -0.4 is 5.73 Å². The lowest BCUT2D eigenvalue weighted by atomic mass is 10.1. The molecule has 6 heteroatoms. The van der Waals surface area contributed by atoms with Gasteiger partial charge in [-0.15, -0.1) is 0 Å². The zero-order chi connectivity index (χ0) is 11.5. The third-order valence-electron chi connectivity index (χ3n) is 2.41. The van der Waals surface area contributed by atoms with Crippen molar-refractivity contribution in [2.75, 3.05) is 6.54 Å². The third-order valence-corrected chi connectivity index (χ3v) is 2.41. The molecule has 86 valence electrons. The monoisotopic (exact) mass is 221 g/mol. The lowest BCUT2D eigenvalue weighted by molar-refractivity contribution is 0.355. The fraction of sp³-hybridized carbons (Fsp3) is 0.500. The first-order valence-electron chi connectivity index (χ1n) is 5.24. The largest absolute Gasteiger partial charge is 0.339 e. The molecular weight excluding hydrogens is 206 g/mol. The highest BCUT2D eigenvalue weighted by Gasteiger charge is 2.15. The predicted molar refractivity (Wildman–Crippen MR) is 58.6 cm³/mol. The molecule has 2 heterocycles. The number of aromatic nitrogens is 4. The molecule has 16 heavy (non-hydrogen) atoms. The summed E-state index contributed by atoms with van der Waals surface area (Å²) in [6.45, 7) is 2.63. The van der Waals surface area contributed by atoms with Crippen molar-refractivity contribution in [2.45, 2.75) is 19.3 Å². The number of aryl methyl sites for hydroxylation is 1. The van der Waals surface area contributed by atoms with E-state index in [9.17, 15) is 0 Å². The third kappa shape index (κ3) is 2.11. The molecule has 0 radical (unpaired) electrons. The minimum atomic E-state index is 0.190. The molecule has 0 saturated heterocycles. The highest BCUT2D eigenvalue weighted by atomic mass is 16.5. The Kier molecular flexibility index (Phi) is 3.00. The summed E-state index contributed by atoms with van der Waals surface area (Å²) in [6, 6.07) is 1.85. The standard InChI is InChI=1S/C10H15N5O/c1-7(3-5-11)10-12-9(14-16-10)8-4-6-15(2)13-8/h4,6-7H,3,5,11H2,1-2H3. The van der Waals surface area contributed by atoms with Crippen LogP contribution in [0.2, 0.25) is 0 Å². The van der Waals surface area contributed by atoms with Gasteiger partial charge in [0.1, 0.15) is 5.69 Å². The van der Waals surface area contributed by atoms with Gasteiger partial charge in [-0.2, -0.15) is 10.1 Å². The zero-order valence-corrected chi connectivity index (χ0v) is 9.42. The van der Waals surface area contributed by atoms with E-state index in [0.717, 1.165) is 12.1 Å². The maximum absolute atomic E-state index is 5.48. The number of hydrogen-bond acceptors (Lipinski definition) is 5. The summed E-state index contributed by atoms with van der Waals surface area (Å²) in [5, 5.41) is 8.11. The topological polar surface area (TPSA) is 82.8 Å². The van der Waals surface area contributed by atoms with Crippen LogP contribution in [0.25, 0.3) is 11.5 Å². The van der Waals surface area contributed by atoms with Crippen molar-refractivity contribution in [1.29, 1.82) is 0 Å². The molecule has 2 N–H and O–H groups in total. The number of rotatable bonds is 4. The van der Waals surface area contributed by atoms with Crippen LogP contribution in [-0.4, -0.2) is 26.5 Å². The Morgan fingerprint density at radius 1 is 1.56 bits per heavy atom. The Hall–Kier alpha value is -1.69. The van der Waals surface area contributed by atoms with Gasteiger partial charge in [-0.3, -0.25) is 4.68 Å². The predicted octanol–water partition coefficient (Wildman–Crippen LogP) is 0.922. The molecule has 0 spiro atoms. The van der Waals surface area contributed by atoms with Gasteiger partial charge in [-0.1, -0.05) is 12.1 Å². The van der Waals surface area contributed by atoms with E-state index in [1.165, 1.54) is 0 Å². The summed E-state index contributed by atoms with van der Waals surface area (Å²) < 4.78 is 6.88. The first-order chi connectivity index (χ1) is 7.70. The van der Waals surface area contributed by atoms with Crippen molar-refractivity contribution in [3.63, 3.8) is 0 Å². The maximum atomic E-state index is 5.48. The van der Waals surface area contributed by atoms with Crippen LogP contribution in [0.5, 0.6) is 0 Å². The molecule has 0 aromatic carbocycles. The van der Waals surface area contributed by atoms with Crippen LogP contribution in [0.4, 0.5) is 0 Å². The van der Waals surface area contributed by atoms with Gasteiger partial charge in [0.2, 0.25) is 11.7 Å². The molecule has 2 aromatic rings. The first-order valence-corrected chi connectivity index (χ1v) is 5.24. The average Bonchev–Trinajstić information content (AvgIpc) is 2.85. The molecule has 2 rings (SSSR count).